The number of nitrogens with zero attached hydrogens (tertiary/aromatic N) is 2. The van der Waals surface area contributed by atoms with Crippen molar-refractivity contribution in [2.75, 3.05) is 7.05 Å². The number of aromatic nitrogens is 2. The zero-order valence-corrected chi connectivity index (χ0v) is 11.6. The van der Waals surface area contributed by atoms with E-state index >= 15 is 0 Å². The van der Waals surface area contributed by atoms with Gasteiger partial charge in [0.2, 0.25) is 0 Å². The highest BCUT2D eigenvalue weighted by Crippen LogP contribution is 2.22. The van der Waals surface area contributed by atoms with E-state index in [1.165, 1.54) is 23.1 Å². The minimum Gasteiger partial charge on any atom is -0.434 e. The smallest absolute Gasteiger partial charge is 0.387 e. The van der Waals surface area contributed by atoms with Crippen molar-refractivity contribution >= 4 is 5.91 Å². The number of H-pyrrole nitrogens is 1. The molecule has 0 fully saturated rings. The molecule has 0 bridgehead atoms. The molecular weight excluding hydrogens is 280 g/mol. The van der Waals surface area contributed by atoms with Crippen LogP contribution in [-0.4, -0.2) is 34.4 Å². The lowest BCUT2D eigenvalue weighted by molar-refractivity contribution is -0.0502. The Morgan fingerprint density at radius 2 is 2.14 bits per heavy atom. The topological polar surface area (TPSA) is 58.2 Å². The van der Waals surface area contributed by atoms with E-state index in [4.69, 9.17) is 0 Å². The average molecular weight is 295 g/mol. The number of carbonyl (C=O) groups excluding carboxylic acids is 1. The van der Waals surface area contributed by atoms with E-state index in [-0.39, 0.29) is 17.9 Å². The lowest BCUT2D eigenvalue weighted by Crippen LogP contribution is -2.27. The number of halogens is 2. The van der Waals surface area contributed by atoms with E-state index in [2.05, 4.69) is 14.7 Å². The summed E-state index contributed by atoms with van der Waals surface area (Å²) >= 11 is 0. The molecule has 0 saturated heterocycles. The number of alkyl halides is 2. The van der Waals surface area contributed by atoms with Gasteiger partial charge in [-0.05, 0) is 19.1 Å². The summed E-state index contributed by atoms with van der Waals surface area (Å²) in [6.45, 7) is -0.878. The van der Waals surface area contributed by atoms with Crippen LogP contribution in [0.3, 0.4) is 0 Å². The normalized spacial score (nSPS) is 10.7. The molecule has 1 amide bonds. The first-order valence-electron chi connectivity index (χ1n) is 6.27. The predicted molar refractivity (Wildman–Crippen MR) is 72.2 cm³/mol. The van der Waals surface area contributed by atoms with Crippen molar-refractivity contribution in [3.05, 3.63) is 47.5 Å². The van der Waals surface area contributed by atoms with E-state index in [1.54, 1.807) is 19.3 Å². The summed E-state index contributed by atoms with van der Waals surface area (Å²) in [5.74, 6) is 0.0656. The second kappa shape index (κ2) is 6.34. The quantitative estimate of drug-likeness (QED) is 0.922. The van der Waals surface area contributed by atoms with Gasteiger partial charge in [-0.3, -0.25) is 4.79 Å². The van der Waals surface area contributed by atoms with E-state index in [0.29, 0.717) is 5.82 Å². The molecule has 5 nitrogen and oxygen atoms in total. The lowest BCUT2D eigenvalue weighted by Gasteiger charge is -2.18. The van der Waals surface area contributed by atoms with Gasteiger partial charge in [0.25, 0.3) is 5.91 Å². The van der Waals surface area contributed by atoms with E-state index in [0.717, 1.165) is 5.69 Å². The molecule has 0 radical (unpaired) electrons. The zero-order valence-electron chi connectivity index (χ0n) is 11.6. The van der Waals surface area contributed by atoms with Crippen LogP contribution >= 0.6 is 0 Å². The number of benzene rings is 1. The molecule has 1 aromatic carbocycles. The number of amides is 1. The van der Waals surface area contributed by atoms with Crippen LogP contribution < -0.4 is 4.74 Å². The van der Waals surface area contributed by atoms with Gasteiger partial charge in [0.1, 0.15) is 11.6 Å². The molecule has 1 N–H and O–H groups in total. The number of rotatable bonds is 5. The second-order valence-corrected chi connectivity index (χ2v) is 4.55. The van der Waals surface area contributed by atoms with Crippen LogP contribution in [0.25, 0.3) is 0 Å². The summed E-state index contributed by atoms with van der Waals surface area (Å²) in [6.07, 6.45) is 1.65. The molecule has 0 atom stereocenters. The summed E-state index contributed by atoms with van der Waals surface area (Å²) in [5, 5.41) is 0. The maximum absolute atomic E-state index is 12.4. The fourth-order valence-electron chi connectivity index (χ4n) is 1.89. The van der Waals surface area contributed by atoms with E-state index < -0.39 is 12.5 Å². The fraction of sp³-hybridized carbons (Fsp3) is 0.286. The summed E-state index contributed by atoms with van der Waals surface area (Å²) in [7, 11) is 1.57. The van der Waals surface area contributed by atoms with Crippen LogP contribution in [-0.2, 0) is 6.54 Å². The number of para-hydroxylation sites is 1. The molecule has 0 aliphatic rings. The van der Waals surface area contributed by atoms with Crippen LogP contribution in [0.2, 0.25) is 0 Å². The first kappa shape index (κ1) is 15.0. The SMILES string of the molecule is Cc1cnc(CN(C)C(=O)c2ccccc2OC(F)F)[nH]1. The highest BCUT2D eigenvalue weighted by molar-refractivity contribution is 5.96. The van der Waals surface area contributed by atoms with Crippen molar-refractivity contribution in [2.24, 2.45) is 0 Å². The maximum Gasteiger partial charge on any atom is 0.387 e. The minimum absolute atomic E-state index is 0.0866. The molecule has 2 rings (SSSR count). The monoisotopic (exact) mass is 295 g/mol. The Bertz CT molecular complexity index is 628. The van der Waals surface area contributed by atoms with Gasteiger partial charge in [-0.25, -0.2) is 4.98 Å². The molecule has 0 aliphatic carbocycles. The van der Waals surface area contributed by atoms with Crippen LogP contribution in [0.15, 0.2) is 30.5 Å². The number of carbonyl (C=O) groups is 1. The van der Waals surface area contributed by atoms with Gasteiger partial charge in [0, 0.05) is 18.9 Å². The highest BCUT2D eigenvalue weighted by Gasteiger charge is 2.19. The van der Waals surface area contributed by atoms with Gasteiger partial charge in [0.15, 0.2) is 0 Å². The van der Waals surface area contributed by atoms with Gasteiger partial charge in [-0.1, -0.05) is 12.1 Å². The third kappa shape index (κ3) is 3.77. The summed E-state index contributed by atoms with van der Waals surface area (Å²) in [6, 6.07) is 5.91. The number of nitrogens with one attached hydrogen (secondary N) is 1. The van der Waals surface area contributed by atoms with Crippen LogP contribution in [0.4, 0.5) is 8.78 Å². The Morgan fingerprint density at radius 3 is 2.76 bits per heavy atom. The maximum atomic E-state index is 12.4. The molecule has 1 heterocycles. The number of hydrogen-bond donors (Lipinski definition) is 1. The van der Waals surface area contributed by atoms with Crippen molar-refractivity contribution in [1.29, 1.82) is 0 Å². The summed E-state index contributed by atoms with van der Waals surface area (Å²) in [4.78, 5) is 20.8. The number of aromatic amines is 1. The Balaban J connectivity index is 2.15. The number of ether oxygens (including phenoxy) is 1. The average Bonchev–Trinajstić information content (AvgIpc) is 2.83. The molecule has 0 unspecified atom stereocenters. The molecule has 112 valence electrons. The number of aryl methyl sites for hydroxylation is 1. The highest BCUT2D eigenvalue weighted by atomic mass is 19.3. The summed E-state index contributed by atoms with van der Waals surface area (Å²) in [5.41, 5.74) is 0.968. The first-order valence-corrected chi connectivity index (χ1v) is 6.27. The lowest BCUT2D eigenvalue weighted by atomic mass is 10.2. The van der Waals surface area contributed by atoms with Gasteiger partial charge < -0.3 is 14.6 Å². The Labute approximate surface area is 120 Å². The van der Waals surface area contributed by atoms with E-state index in [1.807, 2.05) is 6.92 Å². The summed E-state index contributed by atoms with van der Waals surface area (Å²) < 4.78 is 29.1. The Kier molecular flexibility index (Phi) is 4.52. The van der Waals surface area contributed by atoms with Crippen LogP contribution in [0.1, 0.15) is 21.9 Å². The predicted octanol–water partition coefficient (Wildman–Crippen LogP) is 2.59. The van der Waals surface area contributed by atoms with Crippen LogP contribution in [0, 0.1) is 6.92 Å². The van der Waals surface area contributed by atoms with Crippen LogP contribution in [0.5, 0.6) is 5.75 Å². The molecule has 7 heteroatoms. The fourth-order valence-corrected chi connectivity index (χ4v) is 1.89. The van der Waals surface area contributed by atoms with Crippen molar-refractivity contribution in [3.8, 4) is 5.75 Å². The van der Waals surface area contributed by atoms with Gasteiger partial charge in [-0.2, -0.15) is 8.78 Å². The minimum atomic E-state index is -2.98. The number of imidazole rings is 1. The molecule has 1 aromatic heterocycles. The van der Waals surface area contributed by atoms with Gasteiger partial charge >= 0.3 is 6.61 Å². The van der Waals surface area contributed by atoms with Crippen molar-refractivity contribution in [2.45, 2.75) is 20.1 Å². The standard InChI is InChI=1S/C14H15F2N3O2/c1-9-7-17-12(18-9)8-19(2)13(20)10-5-3-4-6-11(10)21-14(15)16/h3-7,14H,8H2,1-2H3,(H,17,18). The number of hydrogen-bond acceptors (Lipinski definition) is 3. The largest absolute Gasteiger partial charge is 0.434 e. The van der Waals surface area contributed by atoms with Crippen molar-refractivity contribution in [3.63, 3.8) is 0 Å². The van der Waals surface area contributed by atoms with Crippen molar-refractivity contribution in [1.82, 2.24) is 14.9 Å². The van der Waals surface area contributed by atoms with Crippen molar-refractivity contribution < 1.29 is 18.3 Å². The molecule has 2 aromatic rings. The third-order valence-electron chi connectivity index (χ3n) is 2.82. The Hall–Kier alpha value is -2.44. The second-order valence-electron chi connectivity index (χ2n) is 4.55. The first-order chi connectivity index (χ1) is 9.97. The molecular formula is C14H15F2N3O2. The zero-order chi connectivity index (χ0) is 15.4. The molecule has 21 heavy (non-hydrogen) atoms. The molecule has 0 spiro atoms. The van der Waals surface area contributed by atoms with E-state index in [9.17, 15) is 13.6 Å². The third-order valence-corrected chi connectivity index (χ3v) is 2.82. The molecule has 0 aliphatic heterocycles. The van der Waals surface area contributed by atoms with Gasteiger partial charge in [-0.15, -0.1) is 0 Å². The molecule has 0 saturated carbocycles. The Morgan fingerprint density at radius 1 is 1.43 bits per heavy atom. The van der Waals surface area contributed by atoms with Gasteiger partial charge in [0.05, 0.1) is 12.1 Å².